The predicted octanol–water partition coefficient (Wildman–Crippen LogP) is 2.99. The van der Waals surface area contributed by atoms with Crippen molar-refractivity contribution in [2.75, 3.05) is 5.75 Å². The minimum Gasteiger partial charge on any atom is -0.258 e. The number of aromatic nitrogens is 3. The van der Waals surface area contributed by atoms with Crippen molar-refractivity contribution in [1.82, 2.24) is 14.8 Å². The Morgan fingerprint density at radius 2 is 2.05 bits per heavy atom. The van der Waals surface area contributed by atoms with Crippen LogP contribution >= 0.6 is 11.8 Å². The average Bonchev–Trinajstić information content (AvgIpc) is 2.87. The van der Waals surface area contributed by atoms with Gasteiger partial charge in [-0.05, 0) is 17.4 Å². The van der Waals surface area contributed by atoms with Gasteiger partial charge in [-0.2, -0.15) is 16.9 Å². The summed E-state index contributed by atoms with van der Waals surface area (Å²) in [6.07, 6.45) is 1.69. The predicted molar refractivity (Wildman–Crippen MR) is 79.7 cm³/mol. The highest BCUT2D eigenvalue weighted by Gasteiger charge is 2.08. The van der Waals surface area contributed by atoms with Crippen LogP contribution in [0.5, 0.6) is 0 Å². The van der Waals surface area contributed by atoms with Gasteiger partial charge < -0.3 is 0 Å². The Kier molecular flexibility index (Phi) is 4.73. The van der Waals surface area contributed by atoms with Crippen LogP contribution in [0.2, 0.25) is 0 Å². The van der Waals surface area contributed by atoms with Crippen LogP contribution in [0.3, 0.4) is 0 Å². The number of benzene rings is 1. The second-order valence-electron chi connectivity index (χ2n) is 4.55. The number of non-ortho nitro benzene ring substituents is 1. The highest BCUT2D eigenvalue weighted by Crippen LogP contribution is 2.19. The van der Waals surface area contributed by atoms with Crippen molar-refractivity contribution in [3.63, 3.8) is 0 Å². The van der Waals surface area contributed by atoms with Crippen LogP contribution in [-0.2, 0) is 6.54 Å². The van der Waals surface area contributed by atoms with Crippen LogP contribution in [0.4, 0.5) is 5.69 Å². The highest BCUT2D eigenvalue weighted by molar-refractivity contribution is 7.99. The van der Waals surface area contributed by atoms with Crippen LogP contribution in [0.15, 0.2) is 30.6 Å². The van der Waals surface area contributed by atoms with Gasteiger partial charge in [-0.15, -0.1) is 0 Å². The Morgan fingerprint density at radius 3 is 2.65 bits per heavy atom. The molecule has 1 heterocycles. The molecule has 0 radical (unpaired) electrons. The first-order valence-electron chi connectivity index (χ1n) is 6.32. The van der Waals surface area contributed by atoms with E-state index < -0.39 is 4.92 Å². The maximum Gasteiger partial charge on any atom is 0.269 e. The number of aryl methyl sites for hydroxylation is 1. The lowest BCUT2D eigenvalue weighted by Crippen LogP contribution is -2.03. The Labute approximate surface area is 121 Å². The number of hydrogen-bond acceptors (Lipinski definition) is 5. The third-order valence-electron chi connectivity index (χ3n) is 2.64. The van der Waals surface area contributed by atoms with E-state index in [2.05, 4.69) is 23.9 Å². The first-order valence-corrected chi connectivity index (χ1v) is 7.37. The fraction of sp³-hybridized carbons (Fsp3) is 0.385. The van der Waals surface area contributed by atoms with E-state index in [1.54, 1.807) is 23.1 Å². The SMILES string of the molecule is CC(C)SCCn1cnc(-c2ccc([N+](=O)[O-])cc2)n1. The lowest BCUT2D eigenvalue weighted by Gasteiger charge is -2.03. The summed E-state index contributed by atoms with van der Waals surface area (Å²) in [6.45, 7) is 5.13. The van der Waals surface area contributed by atoms with E-state index >= 15 is 0 Å². The zero-order valence-electron chi connectivity index (χ0n) is 11.4. The molecule has 0 aliphatic carbocycles. The van der Waals surface area contributed by atoms with Gasteiger partial charge >= 0.3 is 0 Å². The molecular formula is C13H16N4O2S. The van der Waals surface area contributed by atoms with Gasteiger partial charge in [0.15, 0.2) is 5.82 Å². The summed E-state index contributed by atoms with van der Waals surface area (Å²) in [5.41, 5.74) is 0.854. The maximum atomic E-state index is 10.6. The average molecular weight is 292 g/mol. The molecule has 0 saturated heterocycles. The number of nitro benzene ring substituents is 1. The van der Waals surface area contributed by atoms with Crippen molar-refractivity contribution in [2.24, 2.45) is 0 Å². The van der Waals surface area contributed by atoms with E-state index in [9.17, 15) is 10.1 Å². The molecule has 106 valence electrons. The zero-order chi connectivity index (χ0) is 14.5. The molecule has 7 heteroatoms. The minimum absolute atomic E-state index is 0.0708. The lowest BCUT2D eigenvalue weighted by atomic mass is 10.2. The van der Waals surface area contributed by atoms with Gasteiger partial charge in [0.2, 0.25) is 0 Å². The molecule has 1 aromatic carbocycles. The molecule has 0 atom stereocenters. The number of thioether (sulfide) groups is 1. The largest absolute Gasteiger partial charge is 0.269 e. The molecule has 0 spiro atoms. The summed E-state index contributed by atoms with van der Waals surface area (Å²) in [4.78, 5) is 14.4. The van der Waals surface area contributed by atoms with E-state index in [4.69, 9.17) is 0 Å². The summed E-state index contributed by atoms with van der Waals surface area (Å²) in [5.74, 6) is 1.58. The molecule has 2 rings (SSSR count). The van der Waals surface area contributed by atoms with Crippen LogP contribution in [0.1, 0.15) is 13.8 Å². The van der Waals surface area contributed by atoms with Crippen LogP contribution in [0.25, 0.3) is 11.4 Å². The molecule has 0 N–H and O–H groups in total. The van der Waals surface area contributed by atoms with E-state index in [1.165, 1.54) is 12.1 Å². The maximum absolute atomic E-state index is 10.6. The van der Waals surface area contributed by atoms with E-state index in [1.807, 2.05) is 11.8 Å². The quantitative estimate of drug-likeness (QED) is 0.604. The summed E-state index contributed by atoms with van der Waals surface area (Å²) in [5, 5.41) is 15.6. The number of rotatable bonds is 6. The van der Waals surface area contributed by atoms with E-state index in [0.717, 1.165) is 17.9 Å². The van der Waals surface area contributed by atoms with Crippen molar-refractivity contribution in [1.29, 1.82) is 0 Å². The third-order valence-corrected chi connectivity index (χ3v) is 3.73. The zero-order valence-corrected chi connectivity index (χ0v) is 12.2. The summed E-state index contributed by atoms with van der Waals surface area (Å²) >= 11 is 1.87. The van der Waals surface area contributed by atoms with Gasteiger partial charge in [-0.1, -0.05) is 13.8 Å². The molecule has 0 unspecified atom stereocenters. The summed E-state index contributed by atoms with van der Waals surface area (Å²) in [7, 11) is 0. The highest BCUT2D eigenvalue weighted by atomic mass is 32.2. The lowest BCUT2D eigenvalue weighted by molar-refractivity contribution is -0.384. The Balaban J connectivity index is 2.02. The van der Waals surface area contributed by atoms with Crippen molar-refractivity contribution >= 4 is 17.4 Å². The molecule has 0 amide bonds. The van der Waals surface area contributed by atoms with Crippen molar-refractivity contribution in [3.8, 4) is 11.4 Å². The first-order chi connectivity index (χ1) is 9.56. The Hall–Kier alpha value is -1.89. The number of hydrogen-bond donors (Lipinski definition) is 0. The van der Waals surface area contributed by atoms with Crippen LogP contribution in [0, 0.1) is 10.1 Å². The van der Waals surface area contributed by atoms with Crippen molar-refractivity contribution in [3.05, 3.63) is 40.7 Å². The molecule has 2 aromatic rings. The standard InChI is InChI=1S/C13H16N4O2S/c1-10(2)20-8-7-16-9-14-13(15-16)11-3-5-12(6-4-11)17(18)19/h3-6,9-10H,7-8H2,1-2H3. The van der Waals surface area contributed by atoms with Gasteiger partial charge in [-0.3, -0.25) is 14.8 Å². The smallest absolute Gasteiger partial charge is 0.258 e. The van der Waals surface area contributed by atoms with Crippen LogP contribution < -0.4 is 0 Å². The topological polar surface area (TPSA) is 73.8 Å². The van der Waals surface area contributed by atoms with Crippen LogP contribution in [-0.4, -0.2) is 30.7 Å². The van der Waals surface area contributed by atoms with Gasteiger partial charge in [-0.25, -0.2) is 4.98 Å². The fourth-order valence-electron chi connectivity index (χ4n) is 1.65. The van der Waals surface area contributed by atoms with Gasteiger partial charge in [0, 0.05) is 23.4 Å². The summed E-state index contributed by atoms with van der Waals surface area (Å²) < 4.78 is 1.80. The molecule has 0 aliphatic heterocycles. The van der Waals surface area contributed by atoms with Gasteiger partial charge in [0.25, 0.3) is 5.69 Å². The van der Waals surface area contributed by atoms with E-state index in [0.29, 0.717) is 11.1 Å². The number of nitro groups is 1. The molecule has 1 aromatic heterocycles. The van der Waals surface area contributed by atoms with Gasteiger partial charge in [0.1, 0.15) is 6.33 Å². The Bertz CT molecular complexity index is 580. The third kappa shape index (κ3) is 3.80. The van der Waals surface area contributed by atoms with E-state index in [-0.39, 0.29) is 5.69 Å². The molecule has 0 saturated carbocycles. The Morgan fingerprint density at radius 1 is 1.35 bits per heavy atom. The molecule has 20 heavy (non-hydrogen) atoms. The van der Waals surface area contributed by atoms with Gasteiger partial charge in [0.05, 0.1) is 11.5 Å². The first kappa shape index (κ1) is 14.5. The monoisotopic (exact) mass is 292 g/mol. The second-order valence-corrected chi connectivity index (χ2v) is 6.24. The number of nitrogens with zero attached hydrogens (tertiary/aromatic N) is 4. The molecule has 0 fully saturated rings. The molecule has 0 aliphatic rings. The van der Waals surface area contributed by atoms with Crippen molar-refractivity contribution in [2.45, 2.75) is 25.6 Å². The summed E-state index contributed by atoms with van der Waals surface area (Å²) in [6, 6.07) is 6.26. The molecular weight excluding hydrogens is 276 g/mol. The minimum atomic E-state index is -0.418. The second kappa shape index (κ2) is 6.51. The molecule has 6 nitrogen and oxygen atoms in total. The normalized spacial score (nSPS) is 10.9. The molecule has 0 bridgehead atoms. The fourth-order valence-corrected chi connectivity index (χ4v) is 2.41. The van der Waals surface area contributed by atoms with Crippen molar-refractivity contribution < 1.29 is 4.92 Å².